The molecule has 164 valence electrons. The van der Waals surface area contributed by atoms with Crippen LogP contribution in [0.4, 0.5) is 11.4 Å². The van der Waals surface area contributed by atoms with Crippen LogP contribution in [0.1, 0.15) is 42.6 Å². The van der Waals surface area contributed by atoms with Crippen molar-refractivity contribution in [2.75, 3.05) is 18.0 Å². The molecule has 0 radical (unpaired) electrons. The van der Waals surface area contributed by atoms with Crippen LogP contribution in [0.25, 0.3) is 0 Å². The Balaban J connectivity index is 1.65. The Morgan fingerprint density at radius 2 is 2.00 bits per heavy atom. The SMILES string of the molecule is C[C@H]1CCCN(c2ccc(C(=O)O[C@@H](C)C(=O)NCc3ccccc3)cc2[N+](=O)[O-])C1. The largest absolute Gasteiger partial charge is 0.449 e. The second-order valence-electron chi connectivity index (χ2n) is 7.90. The zero-order valence-corrected chi connectivity index (χ0v) is 17.7. The van der Waals surface area contributed by atoms with E-state index in [1.165, 1.54) is 19.1 Å². The van der Waals surface area contributed by atoms with Crippen molar-refractivity contribution >= 4 is 23.3 Å². The topological polar surface area (TPSA) is 102 Å². The molecule has 3 rings (SSSR count). The van der Waals surface area contributed by atoms with Gasteiger partial charge in [0.05, 0.1) is 10.5 Å². The number of hydrogen-bond acceptors (Lipinski definition) is 6. The van der Waals surface area contributed by atoms with Gasteiger partial charge >= 0.3 is 5.97 Å². The maximum absolute atomic E-state index is 12.5. The van der Waals surface area contributed by atoms with Gasteiger partial charge in [-0.25, -0.2) is 4.79 Å². The van der Waals surface area contributed by atoms with Gasteiger partial charge in [0, 0.05) is 25.7 Å². The smallest absolute Gasteiger partial charge is 0.339 e. The Morgan fingerprint density at radius 3 is 2.68 bits per heavy atom. The molecule has 0 unspecified atom stereocenters. The first-order valence-electron chi connectivity index (χ1n) is 10.4. The van der Waals surface area contributed by atoms with Crippen LogP contribution in [0.3, 0.4) is 0 Å². The number of carbonyl (C=O) groups is 2. The number of benzene rings is 2. The molecule has 0 aromatic heterocycles. The monoisotopic (exact) mass is 425 g/mol. The summed E-state index contributed by atoms with van der Waals surface area (Å²) in [7, 11) is 0. The summed E-state index contributed by atoms with van der Waals surface area (Å²) in [6, 6.07) is 13.7. The molecule has 0 bridgehead atoms. The second kappa shape index (κ2) is 10.1. The van der Waals surface area contributed by atoms with E-state index in [-0.39, 0.29) is 11.3 Å². The maximum atomic E-state index is 12.5. The molecule has 1 fully saturated rings. The van der Waals surface area contributed by atoms with Crippen molar-refractivity contribution in [2.24, 2.45) is 5.92 Å². The van der Waals surface area contributed by atoms with Crippen LogP contribution in [-0.2, 0) is 16.1 Å². The zero-order valence-electron chi connectivity index (χ0n) is 17.7. The molecule has 1 N–H and O–H groups in total. The van der Waals surface area contributed by atoms with E-state index >= 15 is 0 Å². The molecular weight excluding hydrogens is 398 g/mol. The molecule has 2 atom stereocenters. The number of nitro groups is 1. The van der Waals surface area contributed by atoms with Gasteiger partial charge in [-0.3, -0.25) is 14.9 Å². The molecule has 2 aromatic carbocycles. The van der Waals surface area contributed by atoms with Crippen molar-refractivity contribution < 1.29 is 19.2 Å². The third-order valence-electron chi connectivity index (χ3n) is 5.37. The van der Waals surface area contributed by atoms with Crippen molar-refractivity contribution in [2.45, 2.75) is 39.3 Å². The van der Waals surface area contributed by atoms with Gasteiger partial charge in [0.15, 0.2) is 6.10 Å². The fourth-order valence-electron chi connectivity index (χ4n) is 3.68. The van der Waals surface area contributed by atoms with E-state index in [4.69, 9.17) is 4.74 Å². The minimum absolute atomic E-state index is 0.0446. The van der Waals surface area contributed by atoms with Gasteiger partial charge in [0.2, 0.25) is 0 Å². The Morgan fingerprint density at radius 1 is 1.26 bits per heavy atom. The number of nitro benzene ring substituents is 1. The quantitative estimate of drug-likeness (QED) is 0.412. The van der Waals surface area contributed by atoms with Crippen LogP contribution < -0.4 is 10.2 Å². The molecule has 2 aromatic rings. The van der Waals surface area contributed by atoms with Crippen LogP contribution in [0.5, 0.6) is 0 Å². The number of hydrogen-bond donors (Lipinski definition) is 1. The number of nitrogens with zero attached hydrogens (tertiary/aromatic N) is 2. The molecule has 1 aliphatic heterocycles. The number of rotatable bonds is 7. The van der Waals surface area contributed by atoms with E-state index in [0.29, 0.717) is 18.2 Å². The highest BCUT2D eigenvalue weighted by molar-refractivity contribution is 5.93. The molecule has 0 saturated carbocycles. The Hall–Kier alpha value is -3.42. The standard InChI is InChI=1S/C23H27N3O5/c1-16-7-6-12-25(15-16)20-11-10-19(13-21(20)26(29)30)23(28)31-17(2)22(27)24-14-18-8-4-3-5-9-18/h3-5,8-11,13,16-17H,6-7,12,14-15H2,1-2H3,(H,24,27)/t16-,17-/m0/s1. The lowest BCUT2D eigenvalue weighted by molar-refractivity contribution is -0.384. The number of amides is 1. The fraction of sp³-hybridized carbons (Fsp3) is 0.391. The highest BCUT2D eigenvalue weighted by Gasteiger charge is 2.26. The Bertz CT molecular complexity index is 947. The number of anilines is 1. The average molecular weight is 425 g/mol. The normalized spacial score (nSPS) is 17.0. The summed E-state index contributed by atoms with van der Waals surface area (Å²) in [6.07, 6.45) is 1.04. The summed E-state index contributed by atoms with van der Waals surface area (Å²) in [4.78, 5) is 37.9. The minimum atomic E-state index is -1.03. The molecule has 1 saturated heterocycles. The van der Waals surface area contributed by atoms with Crippen LogP contribution in [0.2, 0.25) is 0 Å². The minimum Gasteiger partial charge on any atom is -0.449 e. The molecule has 31 heavy (non-hydrogen) atoms. The van der Waals surface area contributed by atoms with Gasteiger partial charge < -0.3 is 15.0 Å². The third-order valence-corrected chi connectivity index (χ3v) is 5.37. The number of carbonyl (C=O) groups excluding carboxylic acids is 2. The van der Waals surface area contributed by atoms with Crippen molar-refractivity contribution in [1.29, 1.82) is 0 Å². The summed E-state index contributed by atoms with van der Waals surface area (Å²) in [5.74, 6) is -0.761. The lowest BCUT2D eigenvalue weighted by Gasteiger charge is -2.32. The lowest BCUT2D eigenvalue weighted by Crippen LogP contribution is -2.35. The molecular formula is C23H27N3O5. The second-order valence-corrected chi connectivity index (χ2v) is 7.90. The first-order valence-corrected chi connectivity index (χ1v) is 10.4. The predicted octanol–water partition coefficient (Wildman–Crippen LogP) is 3.69. The van der Waals surface area contributed by atoms with Gasteiger partial charge in [-0.2, -0.15) is 0 Å². The van der Waals surface area contributed by atoms with Gasteiger partial charge in [-0.15, -0.1) is 0 Å². The zero-order chi connectivity index (χ0) is 22.4. The summed E-state index contributed by atoms with van der Waals surface area (Å²) in [6.45, 7) is 5.39. The van der Waals surface area contributed by atoms with Crippen LogP contribution in [0.15, 0.2) is 48.5 Å². The van der Waals surface area contributed by atoms with Gasteiger partial charge in [-0.05, 0) is 43.4 Å². The van der Waals surface area contributed by atoms with Gasteiger partial charge in [0.25, 0.3) is 11.6 Å². The lowest BCUT2D eigenvalue weighted by atomic mass is 9.99. The first kappa shape index (κ1) is 22.3. The summed E-state index contributed by atoms with van der Waals surface area (Å²) in [5.41, 5.74) is 1.34. The number of esters is 1. The van der Waals surface area contributed by atoms with Gasteiger partial charge in [0.1, 0.15) is 5.69 Å². The number of ether oxygens (including phenoxy) is 1. The van der Waals surface area contributed by atoms with E-state index < -0.39 is 22.9 Å². The molecule has 0 spiro atoms. The maximum Gasteiger partial charge on any atom is 0.339 e. The van der Waals surface area contributed by atoms with Crippen molar-refractivity contribution in [3.8, 4) is 0 Å². The third kappa shape index (κ3) is 5.81. The first-order chi connectivity index (χ1) is 14.8. The fourth-order valence-corrected chi connectivity index (χ4v) is 3.68. The predicted molar refractivity (Wildman–Crippen MR) is 117 cm³/mol. The Kier molecular flexibility index (Phi) is 7.23. The van der Waals surface area contributed by atoms with Gasteiger partial charge in [-0.1, -0.05) is 37.3 Å². The summed E-state index contributed by atoms with van der Waals surface area (Å²) < 4.78 is 5.24. The van der Waals surface area contributed by atoms with E-state index in [2.05, 4.69) is 12.2 Å². The molecule has 0 aliphatic carbocycles. The molecule has 1 amide bonds. The number of piperidine rings is 1. The average Bonchev–Trinajstić information content (AvgIpc) is 2.77. The van der Waals surface area contributed by atoms with E-state index in [9.17, 15) is 19.7 Å². The molecule has 1 aliphatic rings. The van der Waals surface area contributed by atoms with Crippen LogP contribution in [-0.4, -0.2) is 36.0 Å². The molecule has 8 heteroatoms. The van der Waals surface area contributed by atoms with Crippen molar-refractivity contribution in [3.63, 3.8) is 0 Å². The van der Waals surface area contributed by atoms with Crippen LogP contribution >= 0.6 is 0 Å². The van der Waals surface area contributed by atoms with Crippen LogP contribution in [0, 0.1) is 16.0 Å². The Labute approximate surface area is 181 Å². The summed E-state index contributed by atoms with van der Waals surface area (Å²) >= 11 is 0. The van der Waals surface area contributed by atoms with E-state index in [0.717, 1.165) is 31.5 Å². The highest BCUT2D eigenvalue weighted by Crippen LogP contribution is 2.32. The molecule has 8 nitrogen and oxygen atoms in total. The highest BCUT2D eigenvalue weighted by atomic mass is 16.6. The summed E-state index contributed by atoms with van der Waals surface area (Å²) in [5, 5.41) is 14.3. The molecule has 1 heterocycles. The van der Waals surface area contributed by atoms with E-state index in [1.807, 2.05) is 35.2 Å². The van der Waals surface area contributed by atoms with Crippen molar-refractivity contribution in [3.05, 3.63) is 69.8 Å². The van der Waals surface area contributed by atoms with E-state index in [1.54, 1.807) is 6.07 Å². The number of nitrogens with one attached hydrogen (secondary N) is 1. The van der Waals surface area contributed by atoms with Crippen molar-refractivity contribution in [1.82, 2.24) is 5.32 Å².